The van der Waals surface area contributed by atoms with E-state index in [1.54, 1.807) is 6.20 Å². The molecule has 4 heteroatoms. The highest BCUT2D eigenvalue weighted by Crippen LogP contribution is 2.23. The third-order valence-electron chi connectivity index (χ3n) is 2.36. The van der Waals surface area contributed by atoms with Crippen LogP contribution in [0.4, 0.5) is 5.82 Å². The standard InChI is InChI=1S/C12H19ClN2O/c1-4-16-11-6-5-7-14-12(11)15-10(8-13)9(2)3/h5-7,9-10H,4,8H2,1-3H3,(H,14,15). The minimum absolute atomic E-state index is 0.204. The Hall–Kier alpha value is -0.960. The van der Waals surface area contributed by atoms with Crippen molar-refractivity contribution in [3.63, 3.8) is 0 Å². The highest BCUT2D eigenvalue weighted by atomic mass is 35.5. The van der Waals surface area contributed by atoms with Crippen molar-refractivity contribution < 1.29 is 4.74 Å². The lowest BCUT2D eigenvalue weighted by molar-refractivity contribution is 0.340. The predicted molar refractivity (Wildman–Crippen MR) is 68.4 cm³/mol. The maximum Gasteiger partial charge on any atom is 0.169 e. The van der Waals surface area contributed by atoms with Crippen LogP contribution in [-0.4, -0.2) is 23.5 Å². The molecule has 0 radical (unpaired) electrons. The predicted octanol–water partition coefficient (Wildman–Crippen LogP) is 3.16. The van der Waals surface area contributed by atoms with Crippen molar-refractivity contribution in [2.24, 2.45) is 5.92 Å². The Bertz CT molecular complexity index is 318. The smallest absolute Gasteiger partial charge is 0.169 e. The summed E-state index contributed by atoms with van der Waals surface area (Å²) in [4.78, 5) is 4.27. The van der Waals surface area contributed by atoms with Gasteiger partial charge in [-0.1, -0.05) is 13.8 Å². The van der Waals surface area contributed by atoms with Gasteiger partial charge in [0.15, 0.2) is 11.6 Å². The summed E-state index contributed by atoms with van der Waals surface area (Å²) >= 11 is 5.91. The number of ether oxygens (including phenoxy) is 1. The van der Waals surface area contributed by atoms with Crippen molar-refractivity contribution in [1.82, 2.24) is 4.98 Å². The maximum absolute atomic E-state index is 5.91. The number of hydrogen-bond donors (Lipinski definition) is 1. The summed E-state index contributed by atoms with van der Waals surface area (Å²) < 4.78 is 5.49. The zero-order valence-corrected chi connectivity index (χ0v) is 10.8. The lowest BCUT2D eigenvalue weighted by Gasteiger charge is -2.21. The van der Waals surface area contributed by atoms with E-state index in [9.17, 15) is 0 Å². The molecule has 0 saturated heterocycles. The average Bonchev–Trinajstić information content (AvgIpc) is 2.27. The summed E-state index contributed by atoms with van der Waals surface area (Å²) in [6.07, 6.45) is 1.75. The van der Waals surface area contributed by atoms with Crippen molar-refractivity contribution in [2.75, 3.05) is 17.8 Å². The number of halogens is 1. The Morgan fingerprint density at radius 1 is 1.50 bits per heavy atom. The molecule has 1 aromatic rings. The number of aromatic nitrogens is 1. The molecule has 0 bridgehead atoms. The van der Waals surface area contributed by atoms with Crippen LogP contribution in [0, 0.1) is 5.92 Å². The van der Waals surface area contributed by atoms with Gasteiger partial charge in [0.2, 0.25) is 0 Å². The second kappa shape index (κ2) is 6.59. The van der Waals surface area contributed by atoms with E-state index in [-0.39, 0.29) is 6.04 Å². The zero-order valence-electron chi connectivity index (χ0n) is 10.0. The number of rotatable bonds is 6. The van der Waals surface area contributed by atoms with Gasteiger partial charge in [-0.2, -0.15) is 0 Å². The first-order valence-corrected chi connectivity index (χ1v) is 6.12. The molecule has 1 aromatic heterocycles. The highest BCUT2D eigenvalue weighted by molar-refractivity contribution is 6.18. The minimum atomic E-state index is 0.204. The van der Waals surface area contributed by atoms with Crippen LogP contribution in [0.1, 0.15) is 20.8 Å². The molecule has 0 spiro atoms. The third kappa shape index (κ3) is 3.56. The Morgan fingerprint density at radius 2 is 2.25 bits per heavy atom. The summed E-state index contributed by atoms with van der Waals surface area (Å²) in [5, 5.41) is 3.31. The first-order valence-electron chi connectivity index (χ1n) is 5.59. The molecule has 1 unspecified atom stereocenters. The molecular weight excluding hydrogens is 224 g/mol. The number of alkyl halides is 1. The molecule has 1 atom stereocenters. The van der Waals surface area contributed by atoms with Gasteiger partial charge in [0.25, 0.3) is 0 Å². The molecule has 1 heterocycles. The van der Waals surface area contributed by atoms with Gasteiger partial charge in [-0.3, -0.25) is 0 Å². The van der Waals surface area contributed by atoms with Gasteiger partial charge < -0.3 is 10.1 Å². The molecule has 3 nitrogen and oxygen atoms in total. The molecule has 1 rings (SSSR count). The Morgan fingerprint density at radius 3 is 2.81 bits per heavy atom. The van der Waals surface area contributed by atoms with Crippen molar-refractivity contribution in [3.05, 3.63) is 18.3 Å². The Balaban J connectivity index is 2.78. The number of nitrogens with one attached hydrogen (secondary N) is 1. The number of anilines is 1. The van der Waals surface area contributed by atoms with Crippen LogP contribution < -0.4 is 10.1 Å². The number of pyridine rings is 1. The second-order valence-electron chi connectivity index (χ2n) is 3.93. The Kier molecular flexibility index (Phi) is 5.39. The SMILES string of the molecule is CCOc1cccnc1NC(CCl)C(C)C. The second-order valence-corrected chi connectivity index (χ2v) is 4.24. The molecule has 90 valence electrons. The van der Waals surface area contributed by atoms with Crippen molar-refractivity contribution in [1.29, 1.82) is 0 Å². The minimum Gasteiger partial charge on any atom is -0.490 e. The summed E-state index contributed by atoms with van der Waals surface area (Å²) in [6.45, 7) is 6.85. The molecule has 0 fully saturated rings. The summed E-state index contributed by atoms with van der Waals surface area (Å²) in [5.74, 6) is 2.55. The van der Waals surface area contributed by atoms with E-state index in [4.69, 9.17) is 16.3 Å². The van der Waals surface area contributed by atoms with E-state index in [0.29, 0.717) is 18.4 Å². The van der Waals surface area contributed by atoms with E-state index in [0.717, 1.165) is 11.6 Å². The van der Waals surface area contributed by atoms with E-state index in [1.165, 1.54) is 0 Å². The van der Waals surface area contributed by atoms with Gasteiger partial charge in [-0.05, 0) is 25.0 Å². The molecule has 0 amide bonds. The van der Waals surface area contributed by atoms with Crippen molar-refractivity contribution >= 4 is 17.4 Å². The monoisotopic (exact) mass is 242 g/mol. The van der Waals surface area contributed by atoms with Crippen LogP contribution in [0.3, 0.4) is 0 Å². The van der Waals surface area contributed by atoms with Gasteiger partial charge in [-0.25, -0.2) is 4.98 Å². The van der Waals surface area contributed by atoms with E-state index >= 15 is 0 Å². The molecular formula is C12H19ClN2O. The van der Waals surface area contributed by atoms with Crippen molar-refractivity contribution in [3.8, 4) is 5.75 Å². The van der Waals surface area contributed by atoms with Gasteiger partial charge >= 0.3 is 0 Å². The fourth-order valence-electron chi connectivity index (χ4n) is 1.33. The van der Waals surface area contributed by atoms with Crippen LogP contribution in [0.15, 0.2) is 18.3 Å². The molecule has 0 aliphatic rings. The van der Waals surface area contributed by atoms with Crippen LogP contribution in [0.2, 0.25) is 0 Å². The van der Waals surface area contributed by atoms with E-state index < -0.39 is 0 Å². The first kappa shape index (κ1) is 13.1. The van der Waals surface area contributed by atoms with Crippen LogP contribution in [-0.2, 0) is 0 Å². The average molecular weight is 243 g/mol. The molecule has 0 saturated carbocycles. The van der Waals surface area contributed by atoms with Crippen LogP contribution >= 0.6 is 11.6 Å². The summed E-state index contributed by atoms with van der Waals surface area (Å²) in [6, 6.07) is 3.97. The molecule has 16 heavy (non-hydrogen) atoms. The first-order chi connectivity index (χ1) is 7.69. The zero-order chi connectivity index (χ0) is 12.0. The van der Waals surface area contributed by atoms with Crippen LogP contribution in [0.5, 0.6) is 5.75 Å². The highest BCUT2D eigenvalue weighted by Gasteiger charge is 2.14. The fraction of sp³-hybridized carbons (Fsp3) is 0.583. The quantitative estimate of drug-likeness (QED) is 0.779. The Labute approximate surface area is 102 Å². The summed E-state index contributed by atoms with van der Waals surface area (Å²) in [7, 11) is 0. The van der Waals surface area contributed by atoms with Gasteiger partial charge in [0, 0.05) is 18.1 Å². The topological polar surface area (TPSA) is 34.1 Å². The number of hydrogen-bond acceptors (Lipinski definition) is 3. The summed E-state index contributed by atoms with van der Waals surface area (Å²) in [5.41, 5.74) is 0. The third-order valence-corrected chi connectivity index (χ3v) is 2.70. The molecule has 0 aromatic carbocycles. The van der Waals surface area contributed by atoms with Gasteiger partial charge in [0.1, 0.15) is 0 Å². The normalized spacial score (nSPS) is 12.6. The maximum atomic E-state index is 5.91. The lowest BCUT2D eigenvalue weighted by Crippen LogP contribution is -2.28. The fourth-order valence-corrected chi connectivity index (χ4v) is 1.76. The molecule has 0 aliphatic carbocycles. The van der Waals surface area contributed by atoms with Gasteiger partial charge in [-0.15, -0.1) is 11.6 Å². The van der Waals surface area contributed by atoms with Crippen molar-refractivity contribution in [2.45, 2.75) is 26.8 Å². The molecule has 1 N–H and O–H groups in total. The van der Waals surface area contributed by atoms with E-state index in [2.05, 4.69) is 24.1 Å². The lowest BCUT2D eigenvalue weighted by atomic mass is 10.1. The van der Waals surface area contributed by atoms with Gasteiger partial charge in [0.05, 0.1) is 6.61 Å². The van der Waals surface area contributed by atoms with Crippen LogP contribution in [0.25, 0.3) is 0 Å². The largest absolute Gasteiger partial charge is 0.490 e. The molecule has 0 aliphatic heterocycles. The number of nitrogens with zero attached hydrogens (tertiary/aromatic N) is 1. The van der Waals surface area contributed by atoms with E-state index in [1.807, 2.05) is 19.1 Å².